The average Bonchev–Trinajstić information content (AvgIpc) is 2.79. The molecule has 5 heteroatoms. The van der Waals surface area contributed by atoms with Gasteiger partial charge in [0.05, 0.1) is 5.69 Å². The van der Waals surface area contributed by atoms with Crippen LogP contribution in [0, 0.1) is 17.6 Å². The fourth-order valence-corrected chi connectivity index (χ4v) is 4.05. The van der Waals surface area contributed by atoms with Gasteiger partial charge in [-0.2, -0.15) is 0 Å². The van der Waals surface area contributed by atoms with E-state index in [0.717, 1.165) is 23.6 Å². The molecule has 0 amide bonds. The second-order valence-electron chi connectivity index (χ2n) is 8.72. The minimum Gasteiger partial charge on any atom is -0.307 e. The lowest BCUT2D eigenvalue weighted by atomic mass is 9.87. The topological polar surface area (TPSA) is 45.8 Å². The van der Waals surface area contributed by atoms with E-state index >= 15 is 0 Å². The third kappa shape index (κ3) is 5.61. The Hall–Kier alpha value is -3.60. The van der Waals surface area contributed by atoms with Crippen molar-refractivity contribution in [2.75, 3.05) is 0 Å². The van der Waals surface area contributed by atoms with E-state index in [1.807, 2.05) is 42.5 Å². The lowest BCUT2D eigenvalue weighted by Gasteiger charge is -2.19. The van der Waals surface area contributed by atoms with E-state index in [0.29, 0.717) is 23.0 Å². The van der Waals surface area contributed by atoms with Gasteiger partial charge in [0.2, 0.25) is 0 Å². The van der Waals surface area contributed by atoms with Gasteiger partial charge >= 0.3 is 0 Å². The zero-order valence-electron chi connectivity index (χ0n) is 18.7. The molecule has 0 spiro atoms. The molecule has 3 nitrogen and oxygen atoms in total. The largest absolute Gasteiger partial charge is 0.307 e. The first-order chi connectivity index (χ1) is 15.9. The second-order valence-corrected chi connectivity index (χ2v) is 8.72. The molecule has 33 heavy (non-hydrogen) atoms. The molecular formula is C28H26F2N2O. The smallest absolute Gasteiger partial charge is 0.251 e. The molecule has 1 heterocycles. The number of H-pyrrole nitrogens is 1. The van der Waals surface area contributed by atoms with E-state index in [9.17, 15) is 13.6 Å². The van der Waals surface area contributed by atoms with Crippen LogP contribution in [0.4, 0.5) is 8.78 Å². The highest BCUT2D eigenvalue weighted by atomic mass is 19.1. The summed E-state index contributed by atoms with van der Waals surface area (Å²) in [7, 11) is 0. The highest BCUT2D eigenvalue weighted by Gasteiger charge is 2.20. The summed E-state index contributed by atoms with van der Waals surface area (Å²) in [5, 5.41) is 0. The minimum atomic E-state index is -0.619. The molecule has 1 atom stereocenters. The number of aromatic amines is 1. The number of aromatic nitrogens is 2. The third-order valence-corrected chi connectivity index (χ3v) is 5.63. The lowest BCUT2D eigenvalue weighted by Crippen LogP contribution is -2.16. The first-order valence-corrected chi connectivity index (χ1v) is 11.1. The number of nitrogens with one attached hydrogen (secondary N) is 1. The van der Waals surface area contributed by atoms with Crippen molar-refractivity contribution >= 4 is 0 Å². The van der Waals surface area contributed by atoms with E-state index in [-0.39, 0.29) is 17.9 Å². The zero-order valence-corrected chi connectivity index (χ0v) is 18.7. The van der Waals surface area contributed by atoms with Crippen molar-refractivity contribution in [3.63, 3.8) is 0 Å². The molecule has 0 saturated carbocycles. The zero-order chi connectivity index (χ0) is 23.4. The van der Waals surface area contributed by atoms with E-state index in [4.69, 9.17) is 4.98 Å². The van der Waals surface area contributed by atoms with Gasteiger partial charge in [-0.3, -0.25) is 4.79 Å². The van der Waals surface area contributed by atoms with Crippen molar-refractivity contribution < 1.29 is 8.78 Å². The molecule has 3 aromatic carbocycles. The first kappa shape index (κ1) is 22.6. The van der Waals surface area contributed by atoms with Crippen LogP contribution in [0.15, 0.2) is 83.7 Å². The van der Waals surface area contributed by atoms with Crippen LogP contribution < -0.4 is 5.56 Å². The van der Waals surface area contributed by atoms with Crippen LogP contribution in [0.2, 0.25) is 0 Å². The quantitative estimate of drug-likeness (QED) is 0.364. The second kappa shape index (κ2) is 9.90. The Morgan fingerprint density at radius 3 is 2.27 bits per heavy atom. The molecule has 0 aliphatic heterocycles. The van der Waals surface area contributed by atoms with Crippen LogP contribution >= 0.6 is 0 Å². The van der Waals surface area contributed by atoms with Crippen LogP contribution in [-0.4, -0.2) is 9.97 Å². The number of hydrogen-bond donors (Lipinski definition) is 1. The number of nitrogens with zero attached hydrogens (tertiary/aromatic N) is 1. The van der Waals surface area contributed by atoms with Gasteiger partial charge in [0.25, 0.3) is 5.56 Å². The Morgan fingerprint density at radius 1 is 0.879 bits per heavy atom. The minimum absolute atomic E-state index is 0.250. The maximum absolute atomic E-state index is 14.5. The summed E-state index contributed by atoms with van der Waals surface area (Å²) in [5.74, 6) is -0.610. The van der Waals surface area contributed by atoms with Crippen LogP contribution in [0.25, 0.3) is 11.4 Å². The van der Waals surface area contributed by atoms with Crippen LogP contribution in [0.3, 0.4) is 0 Å². The predicted molar refractivity (Wildman–Crippen MR) is 127 cm³/mol. The Labute approximate surface area is 192 Å². The molecule has 0 aliphatic rings. The van der Waals surface area contributed by atoms with E-state index in [1.165, 1.54) is 23.8 Å². The van der Waals surface area contributed by atoms with Gasteiger partial charge in [-0.1, -0.05) is 74.5 Å². The normalized spacial score (nSPS) is 12.2. The standard InChI is InChI=1S/C28H26F2N2O/c1-18(2)14-19-8-10-20(11-9-19)24(15-22-12-13-23(29)16-25(22)30)26-17-27(33)32-28(31-26)21-6-4-3-5-7-21/h3-13,16-18,24H,14-15H2,1-2H3,(H,31,32,33). The number of rotatable bonds is 7. The fourth-order valence-electron chi connectivity index (χ4n) is 4.05. The summed E-state index contributed by atoms with van der Waals surface area (Å²) in [6.07, 6.45) is 1.21. The van der Waals surface area contributed by atoms with E-state index < -0.39 is 11.6 Å². The van der Waals surface area contributed by atoms with Crippen LogP contribution in [-0.2, 0) is 12.8 Å². The summed E-state index contributed by atoms with van der Waals surface area (Å²) in [5.41, 5.74) is 3.55. The summed E-state index contributed by atoms with van der Waals surface area (Å²) in [4.78, 5) is 20.1. The van der Waals surface area contributed by atoms with Gasteiger partial charge in [-0.05, 0) is 41.5 Å². The van der Waals surface area contributed by atoms with Crippen molar-refractivity contribution in [2.24, 2.45) is 5.92 Å². The van der Waals surface area contributed by atoms with Crippen molar-refractivity contribution in [1.82, 2.24) is 9.97 Å². The summed E-state index contributed by atoms with van der Waals surface area (Å²) in [6.45, 7) is 4.33. The van der Waals surface area contributed by atoms with Gasteiger partial charge in [0, 0.05) is 23.6 Å². The third-order valence-electron chi connectivity index (χ3n) is 5.63. The summed E-state index contributed by atoms with van der Waals surface area (Å²) >= 11 is 0. The Morgan fingerprint density at radius 2 is 1.61 bits per heavy atom. The molecule has 4 rings (SSSR count). The number of benzene rings is 3. The van der Waals surface area contributed by atoms with E-state index in [2.05, 4.69) is 31.0 Å². The molecule has 1 N–H and O–H groups in total. The van der Waals surface area contributed by atoms with Gasteiger partial charge in [-0.15, -0.1) is 0 Å². The van der Waals surface area contributed by atoms with E-state index in [1.54, 1.807) is 0 Å². The predicted octanol–water partition coefficient (Wildman–Crippen LogP) is 6.29. The molecule has 168 valence electrons. The maximum atomic E-state index is 14.5. The molecule has 0 aliphatic carbocycles. The number of halogens is 2. The average molecular weight is 445 g/mol. The van der Waals surface area contributed by atoms with Crippen LogP contribution in [0.1, 0.15) is 42.1 Å². The van der Waals surface area contributed by atoms with Gasteiger partial charge < -0.3 is 4.98 Å². The lowest BCUT2D eigenvalue weighted by molar-refractivity contribution is 0.567. The van der Waals surface area contributed by atoms with Gasteiger partial charge in [-0.25, -0.2) is 13.8 Å². The molecule has 0 saturated heterocycles. The van der Waals surface area contributed by atoms with Crippen molar-refractivity contribution in [3.8, 4) is 11.4 Å². The van der Waals surface area contributed by atoms with Crippen LogP contribution in [0.5, 0.6) is 0 Å². The van der Waals surface area contributed by atoms with Crippen molar-refractivity contribution in [3.05, 3.63) is 123 Å². The molecule has 1 aromatic heterocycles. The summed E-state index contributed by atoms with van der Waals surface area (Å²) in [6, 6.07) is 22.6. The van der Waals surface area contributed by atoms with Crippen molar-refractivity contribution in [2.45, 2.75) is 32.6 Å². The first-order valence-electron chi connectivity index (χ1n) is 11.1. The Bertz CT molecular complexity index is 1280. The highest BCUT2D eigenvalue weighted by Crippen LogP contribution is 2.29. The number of hydrogen-bond acceptors (Lipinski definition) is 2. The molecule has 4 aromatic rings. The molecule has 0 bridgehead atoms. The molecular weight excluding hydrogens is 418 g/mol. The SMILES string of the molecule is CC(C)Cc1ccc(C(Cc2ccc(F)cc2F)c2cc(=O)[nH]c(-c3ccccc3)n2)cc1. The highest BCUT2D eigenvalue weighted by molar-refractivity contribution is 5.54. The van der Waals surface area contributed by atoms with Gasteiger partial charge in [0.1, 0.15) is 17.5 Å². The Balaban J connectivity index is 1.79. The van der Waals surface area contributed by atoms with Crippen molar-refractivity contribution in [1.29, 1.82) is 0 Å². The Kier molecular flexibility index (Phi) is 6.78. The summed E-state index contributed by atoms with van der Waals surface area (Å²) < 4.78 is 28.0. The van der Waals surface area contributed by atoms with Gasteiger partial charge in [0.15, 0.2) is 0 Å². The fraction of sp³-hybridized carbons (Fsp3) is 0.214. The monoisotopic (exact) mass is 444 g/mol. The molecule has 0 fully saturated rings. The molecule has 1 unspecified atom stereocenters. The molecule has 0 radical (unpaired) electrons. The maximum Gasteiger partial charge on any atom is 0.251 e.